The van der Waals surface area contributed by atoms with E-state index < -0.39 is 5.60 Å². The van der Waals surface area contributed by atoms with E-state index in [0.29, 0.717) is 0 Å². The topological polar surface area (TPSA) is 58.8 Å². The van der Waals surface area contributed by atoms with Gasteiger partial charge < -0.3 is 20.3 Å². The van der Waals surface area contributed by atoms with Crippen molar-refractivity contribution in [1.29, 1.82) is 0 Å². The van der Waals surface area contributed by atoms with Gasteiger partial charge in [-0.15, -0.1) is 0 Å². The first-order valence-corrected chi connectivity index (χ1v) is 6.83. The molecule has 0 aromatic heterocycles. The summed E-state index contributed by atoms with van der Waals surface area (Å²) in [4.78, 5) is 16.1. The van der Waals surface area contributed by atoms with Crippen molar-refractivity contribution in [1.82, 2.24) is 9.80 Å². The Morgan fingerprint density at radius 2 is 1.94 bits per heavy atom. The Bertz CT molecular complexity index is 263. The number of hydrogen-bond acceptors (Lipinski definition) is 4. The molecule has 0 saturated carbocycles. The number of carbonyl (C=O) groups is 1. The molecule has 0 aromatic rings. The molecule has 0 radical (unpaired) electrons. The van der Waals surface area contributed by atoms with Gasteiger partial charge in [-0.2, -0.15) is 0 Å². The van der Waals surface area contributed by atoms with Crippen LogP contribution in [0, 0.1) is 0 Å². The molecule has 0 unspecified atom stereocenters. The van der Waals surface area contributed by atoms with E-state index in [2.05, 4.69) is 4.90 Å². The molecule has 1 heterocycles. The molecule has 5 heteroatoms. The summed E-state index contributed by atoms with van der Waals surface area (Å²) in [5, 5.41) is 0. The second-order valence-corrected chi connectivity index (χ2v) is 5.80. The first kappa shape index (κ1) is 15.2. The highest BCUT2D eigenvalue weighted by atomic mass is 16.6. The van der Waals surface area contributed by atoms with Gasteiger partial charge in [-0.05, 0) is 53.2 Å². The van der Waals surface area contributed by atoms with Crippen molar-refractivity contribution < 1.29 is 9.53 Å². The first-order valence-electron chi connectivity index (χ1n) is 6.83. The Labute approximate surface area is 110 Å². The van der Waals surface area contributed by atoms with Gasteiger partial charge in [-0.3, -0.25) is 0 Å². The summed E-state index contributed by atoms with van der Waals surface area (Å²) >= 11 is 0. The summed E-state index contributed by atoms with van der Waals surface area (Å²) in [7, 11) is 0. The van der Waals surface area contributed by atoms with Crippen molar-refractivity contribution in [2.24, 2.45) is 5.73 Å². The summed E-state index contributed by atoms with van der Waals surface area (Å²) in [6.45, 7) is 10.9. The third-order valence-corrected chi connectivity index (χ3v) is 2.92. The van der Waals surface area contributed by atoms with E-state index in [9.17, 15) is 4.79 Å². The third-order valence-electron chi connectivity index (χ3n) is 2.92. The predicted molar refractivity (Wildman–Crippen MR) is 72.5 cm³/mol. The third kappa shape index (κ3) is 5.69. The minimum atomic E-state index is -0.414. The maximum Gasteiger partial charge on any atom is 0.410 e. The van der Waals surface area contributed by atoms with Crippen LogP contribution in [-0.2, 0) is 4.74 Å². The lowest BCUT2D eigenvalue weighted by Gasteiger charge is -2.26. The zero-order valence-electron chi connectivity index (χ0n) is 11.9. The number of nitrogens with zero attached hydrogens (tertiary/aromatic N) is 2. The molecule has 1 aliphatic rings. The second-order valence-electron chi connectivity index (χ2n) is 5.80. The number of amides is 1. The number of hydrogen-bond donors (Lipinski definition) is 1. The Kier molecular flexibility index (Phi) is 5.88. The van der Waals surface area contributed by atoms with Crippen molar-refractivity contribution in [3.05, 3.63) is 0 Å². The van der Waals surface area contributed by atoms with Crippen LogP contribution in [0.15, 0.2) is 0 Å². The van der Waals surface area contributed by atoms with Gasteiger partial charge >= 0.3 is 6.09 Å². The largest absolute Gasteiger partial charge is 0.444 e. The Morgan fingerprint density at radius 3 is 2.56 bits per heavy atom. The fraction of sp³-hybridized carbons (Fsp3) is 0.923. The van der Waals surface area contributed by atoms with Gasteiger partial charge in [0.25, 0.3) is 0 Å². The Morgan fingerprint density at radius 1 is 1.22 bits per heavy atom. The summed E-state index contributed by atoms with van der Waals surface area (Å²) in [5.74, 6) is 0. The van der Waals surface area contributed by atoms with Gasteiger partial charge in [-0.25, -0.2) is 4.79 Å². The molecule has 2 N–H and O–H groups in total. The normalized spacial score (nSPS) is 18.6. The molecule has 5 nitrogen and oxygen atoms in total. The molecule has 1 saturated heterocycles. The van der Waals surface area contributed by atoms with E-state index in [-0.39, 0.29) is 6.09 Å². The van der Waals surface area contributed by atoms with Crippen LogP contribution in [0.25, 0.3) is 0 Å². The molecule has 18 heavy (non-hydrogen) atoms. The quantitative estimate of drug-likeness (QED) is 0.827. The van der Waals surface area contributed by atoms with E-state index in [1.54, 1.807) is 0 Å². The highest BCUT2D eigenvalue weighted by Gasteiger charge is 2.24. The monoisotopic (exact) mass is 257 g/mol. The van der Waals surface area contributed by atoms with Crippen LogP contribution in [0.4, 0.5) is 4.79 Å². The molecule has 1 rings (SSSR count). The van der Waals surface area contributed by atoms with Gasteiger partial charge in [0.1, 0.15) is 5.60 Å². The standard InChI is InChI=1S/C13H27N3O2/c1-13(2,3)18-12(17)16-9-5-8-15(10-11-16)7-4-6-14/h4-11,14H2,1-3H3. The van der Waals surface area contributed by atoms with Crippen molar-refractivity contribution in [2.75, 3.05) is 39.3 Å². The molecular formula is C13H27N3O2. The number of ether oxygens (including phenoxy) is 1. The van der Waals surface area contributed by atoms with Crippen LogP contribution >= 0.6 is 0 Å². The molecule has 0 spiro atoms. The number of nitrogens with two attached hydrogens (primary N) is 1. The van der Waals surface area contributed by atoms with Crippen molar-refractivity contribution >= 4 is 6.09 Å². The predicted octanol–water partition coefficient (Wildman–Crippen LogP) is 1.28. The lowest BCUT2D eigenvalue weighted by molar-refractivity contribution is 0.0257. The average molecular weight is 257 g/mol. The fourth-order valence-corrected chi connectivity index (χ4v) is 2.02. The average Bonchev–Trinajstić information content (AvgIpc) is 2.49. The number of carbonyl (C=O) groups excluding carboxylic acids is 1. The summed E-state index contributed by atoms with van der Waals surface area (Å²) in [5.41, 5.74) is 5.10. The van der Waals surface area contributed by atoms with Crippen LogP contribution in [0.3, 0.4) is 0 Å². The SMILES string of the molecule is CC(C)(C)OC(=O)N1CCCN(CCCN)CC1. The molecular weight excluding hydrogens is 230 g/mol. The summed E-state index contributed by atoms with van der Waals surface area (Å²) in [6, 6.07) is 0. The van der Waals surface area contributed by atoms with E-state index in [1.165, 1.54) is 0 Å². The van der Waals surface area contributed by atoms with E-state index in [1.807, 2.05) is 25.7 Å². The lowest BCUT2D eigenvalue weighted by Crippen LogP contribution is -2.39. The minimum Gasteiger partial charge on any atom is -0.444 e. The molecule has 0 aromatic carbocycles. The zero-order chi connectivity index (χ0) is 13.6. The van der Waals surface area contributed by atoms with Gasteiger partial charge in [-0.1, -0.05) is 0 Å². The Hall–Kier alpha value is -0.810. The van der Waals surface area contributed by atoms with Crippen LogP contribution in [0.2, 0.25) is 0 Å². The highest BCUT2D eigenvalue weighted by Crippen LogP contribution is 2.12. The van der Waals surface area contributed by atoms with Gasteiger partial charge in [0.05, 0.1) is 0 Å². The second kappa shape index (κ2) is 6.95. The van der Waals surface area contributed by atoms with Crippen LogP contribution in [0.1, 0.15) is 33.6 Å². The maximum absolute atomic E-state index is 12.0. The molecule has 1 amide bonds. The van der Waals surface area contributed by atoms with Crippen molar-refractivity contribution in [3.8, 4) is 0 Å². The van der Waals surface area contributed by atoms with Gasteiger partial charge in [0.2, 0.25) is 0 Å². The van der Waals surface area contributed by atoms with Gasteiger partial charge in [0, 0.05) is 19.6 Å². The van der Waals surface area contributed by atoms with Crippen molar-refractivity contribution in [3.63, 3.8) is 0 Å². The maximum atomic E-state index is 12.0. The van der Waals surface area contributed by atoms with Crippen LogP contribution in [0.5, 0.6) is 0 Å². The summed E-state index contributed by atoms with van der Waals surface area (Å²) in [6.07, 6.45) is 1.83. The molecule has 106 valence electrons. The molecule has 0 atom stereocenters. The number of rotatable bonds is 3. The van der Waals surface area contributed by atoms with E-state index >= 15 is 0 Å². The van der Waals surface area contributed by atoms with Gasteiger partial charge in [0.15, 0.2) is 0 Å². The van der Waals surface area contributed by atoms with E-state index in [0.717, 1.165) is 52.1 Å². The Balaban J connectivity index is 2.39. The fourth-order valence-electron chi connectivity index (χ4n) is 2.02. The highest BCUT2D eigenvalue weighted by molar-refractivity contribution is 5.68. The lowest BCUT2D eigenvalue weighted by atomic mass is 10.2. The molecule has 1 aliphatic heterocycles. The van der Waals surface area contributed by atoms with Crippen LogP contribution < -0.4 is 5.73 Å². The van der Waals surface area contributed by atoms with E-state index in [4.69, 9.17) is 10.5 Å². The minimum absolute atomic E-state index is 0.192. The molecule has 0 bridgehead atoms. The molecule has 0 aliphatic carbocycles. The zero-order valence-corrected chi connectivity index (χ0v) is 11.9. The summed E-state index contributed by atoms with van der Waals surface area (Å²) < 4.78 is 5.40. The smallest absolute Gasteiger partial charge is 0.410 e. The first-order chi connectivity index (χ1) is 8.42. The van der Waals surface area contributed by atoms with Crippen molar-refractivity contribution in [2.45, 2.75) is 39.2 Å². The molecule has 1 fully saturated rings. The van der Waals surface area contributed by atoms with Crippen LogP contribution in [-0.4, -0.2) is 60.8 Å².